The number of carbonyl (C=O) groups is 1. The maximum atomic E-state index is 12.5. The second-order valence-corrected chi connectivity index (χ2v) is 8.80. The number of nitrogens with two attached hydrogens (primary N) is 1. The summed E-state index contributed by atoms with van der Waals surface area (Å²) in [6.45, 7) is 0.159. The van der Waals surface area contributed by atoms with Gasteiger partial charge in [-0.05, 0) is 62.4 Å². The number of rotatable bonds is 13. The van der Waals surface area contributed by atoms with Crippen LogP contribution in [-0.2, 0) is 12.8 Å². The second kappa shape index (κ2) is 12.3. The van der Waals surface area contributed by atoms with Crippen molar-refractivity contribution in [1.29, 1.82) is 0 Å². The number of hydrogen-bond donors (Lipinski definition) is 3. The predicted molar refractivity (Wildman–Crippen MR) is 132 cm³/mol. The van der Waals surface area contributed by atoms with E-state index in [9.17, 15) is 23.1 Å². The largest absolute Gasteiger partial charge is 0.488 e. The molecule has 0 radical (unpaired) electrons. The number of nitrogens with one attached hydrogen (secondary N) is 1. The molecule has 1 heterocycles. The van der Waals surface area contributed by atoms with Gasteiger partial charge in [-0.2, -0.15) is 13.2 Å². The zero-order chi connectivity index (χ0) is 29.0. The van der Waals surface area contributed by atoms with Gasteiger partial charge in [0.15, 0.2) is 18.1 Å². The molecule has 0 saturated carbocycles. The summed E-state index contributed by atoms with van der Waals surface area (Å²) in [6.07, 6.45) is -4.89. The minimum absolute atomic E-state index is 0.0127. The van der Waals surface area contributed by atoms with Crippen molar-refractivity contribution in [1.82, 2.24) is 5.32 Å². The van der Waals surface area contributed by atoms with Crippen LogP contribution in [0.3, 0.4) is 0 Å². The van der Waals surface area contributed by atoms with Crippen molar-refractivity contribution in [3.05, 3.63) is 53.1 Å². The van der Waals surface area contributed by atoms with E-state index >= 15 is 0 Å². The van der Waals surface area contributed by atoms with E-state index in [2.05, 4.69) is 5.32 Å². The van der Waals surface area contributed by atoms with Crippen LogP contribution in [0, 0.1) is 0 Å². The van der Waals surface area contributed by atoms with Gasteiger partial charge in [-0.1, -0.05) is 18.2 Å². The van der Waals surface area contributed by atoms with Gasteiger partial charge < -0.3 is 30.5 Å². The molecule has 0 spiro atoms. The number of para-hydroxylation sites is 2. The molecule has 36 heavy (non-hydrogen) atoms. The molecule has 3 rings (SSSR count). The first kappa shape index (κ1) is 23.4. The molecule has 2 atom stereocenters. The van der Waals surface area contributed by atoms with E-state index in [1.165, 1.54) is 25.1 Å². The van der Waals surface area contributed by atoms with Crippen molar-refractivity contribution in [3.8, 4) is 11.5 Å². The third-order valence-corrected chi connectivity index (χ3v) is 5.66. The summed E-state index contributed by atoms with van der Waals surface area (Å²) in [5, 5.41) is 12.6. The Morgan fingerprint density at radius 1 is 1.28 bits per heavy atom. The van der Waals surface area contributed by atoms with Crippen molar-refractivity contribution >= 4 is 11.6 Å². The standard InChI is InChI=1S/C26H34F3N3O4/c1-17(31-9-12-35-22-5-3-4-6-23(22)36-16-26(27,28)29)13-19-14-20-8-11-32(10-7-18(2)33)24(20)21(15-19)25(30)34/h3-6,14-15,17-18,31,33H,7-13,16H2,1-2H3,(H2,30,34)/t17-,18?/m1/s1/i9D2,18D. The van der Waals surface area contributed by atoms with Gasteiger partial charge in [-0.3, -0.25) is 4.79 Å². The molecule has 1 unspecified atom stereocenters. The number of ether oxygens (including phenoxy) is 2. The van der Waals surface area contributed by atoms with Crippen molar-refractivity contribution in [3.63, 3.8) is 0 Å². The maximum Gasteiger partial charge on any atom is 0.422 e. The molecule has 7 nitrogen and oxygen atoms in total. The Morgan fingerprint density at radius 3 is 2.61 bits per heavy atom. The molecule has 2 aromatic carbocycles. The number of primary amides is 1. The summed E-state index contributed by atoms with van der Waals surface area (Å²) in [5.41, 5.74) is 8.39. The van der Waals surface area contributed by atoms with E-state index in [0.717, 1.165) is 11.1 Å². The van der Waals surface area contributed by atoms with Gasteiger partial charge in [0.05, 0.1) is 18.7 Å². The highest BCUT2D eigenvalue weighted by atomic mass is 19.4. The molecule has 0 aromatic heterocycles. The summed E-state index contributed by atoms with van der Waals surface area (Å²) < 4.78 is 72.1. The fourth-order valence-electron chi connectivity index (χ4n) is 4.10. The van der Waals surface area contributed by atoms with Crippen LogP contribution in [0.25, 0.3) is 0 Å². The summed E-state index contributed by atoms with van der Waals surface area (Å²) in [7, 11) is 0. The monoisotopic (exact) mass is 512 g/mol. The minimum Gasteiger partial charge on any atom is -0.488 e. The number of benzene rings is 2. The summed E-state index contributed by atoms with van der Waals surface area (Å²) >= 11 is 0. The molecule has 4 N–H and O–H groups in total. The highest BCUT2D eigenvalue weighted by Crippen LogP contribution is 2.34. The molecule has 2 aromatic rings. The van der Waals surface area contributed by atoms with E-state index in [4.69, 9.17) is 19.3 Å². The van der Waals surface area contributed by atoms with Gasteiger partial charge >= 0.3 is 6.18 Å². The topological polar surface area (TPSA) is 97.1 Å². The number of hydrogen-bond acceptors (Lipinski definition) is 6. The van der Waals surface area contributed by atoms with Crippen LogP contribution < -0.4 is 25.4 Å². The second-order valence-electron chi connectivity index (χ2n) is 8.80. The average Bonchev–Trinajstić information content (AvgIpc) is 3.21. The van der Waals surface area contributed by atoms with Crippen LogP contribution in [-0.4, -0.2) is 62.1 Å². The van der Waals surface area contributed by atoms with Gasteiger partial charge in [-0.15, -0.1) is 0 Å². The summed E-state index contributed by atoms with van der Waals surface area (Å²) in [6, 6.07) is 8.96. The van der Waals surface area contributed by atoms with Crippen molar-refractivity contribution in [2.45, 2.75) is 51.4 Å². The molecule has 1 aliphatic rings. The lowest BCUT2D eigenvalue weighted by Crippen LogP contribution is -2.32. The third-order valence-electron chi connectivity index (χ3n) is 5.66. The summed E-state index contributed by atoms with van der Waals surface area (Å²) in [5.74, 6) is -0.758. The highest BCUT2D eigenvalue weighted by molar-refractivity contribution is 6.00. The molecule has 1 aliphatic heterocycles. The molecular weight excluding hydrogens is 475 g/mol. The molecular formula is C26H34F3N3O4. The van der Waals surface area contributed by atoms with Gasteiger partial charge in [0.25, 0.3) is 5.91 Å². The van der Waals surface area contributed by atoms with E-state index in [1.807, 2.05) is 11.0 Å². The van der Waals surface area contributed by atoms with Crippen molar-refractivity contribution in [2.24, 2.45) is 5.73 Å². The fourth-order valence-corrected chi connectivity index (χ4v) is 4.10. The van der Waals surface area contributed by atoms with Crippen LogP contribution >= 0.6 is 0 Å². The van der Waals surface area contributed by atoms with Crippen LogP contribution in [0.5, 0.6) is 11.5 Å². The number of nitrogens with zero attached hydrogens (tertiary/aromatic N) is 1. The molecule has 0 saturated heterocycles. The lowest BCUT2D eigenvalue weighted by Gasteiger charge is -2.23. The number of aliphatic hydroxyl groups is 1. The lowest BCUT2D eigenvalue weighted by molar-refractivity contribution is -0.153. The first-order valence-corrected chi connectivity index (χ1v) is 11.6. The number of alkyl halides is 3. The molecule has 1 amide bonds. The Labute approximate surface area is 213 Å². The molecule has 0 aliphatic carbocycles. The van der Waals surface area contributed by atoms with Crippen LogP contribution in [0.1, 0.15) is 45.9 Å². The molecule has 0 bridgehead atoms. The van der Waals surface area contributed by atoms with Gasteiger partial charge in [0.2, 0.25) is 0 Å². The first-order chi connectivity index (χ1) is 18.0. The first-order valence-electron chi connectivity index (χ1n) is 13.1. The Morgan fingerprint density at radius 2 is 1.97 bits per heavy atom. The number of carbonyl (C=O) groups excluding carboxylic acids is 1. The Balaban J connectivity index is 1.64. The molecule has 10 heteroatoms. The smallest absolute Gasteiger partial charge is 0.422 e. The highest BCUT2D eigenvalue weighted by Gasteiger charge is 2.29. The lowest BCUT2D eigenvalue weighted by atomic mass is 9.98. The molecule has 198 valence electrons. The number of halogens is 3. The number of fused-ring (bicyclic) bond motifs is 1. The van der Waals surface area contributed by atoms with Gasteiger partial charge in [0, 0.05) is 28.4 Å². The fraction of sp³-hybridized carbons (Fsp3) is 0.500. The predicted octanol–water partition coefficient (Wildman–Crippen LogP) is 3.46. The number of amides is 1. The van der Waals surface area contributed by atoms with Crippen LogP contribution in [0.2, 0.25) is 0 Å². The Kier molecular flexibility index (Phi) is 8.01. The Hall–Kier alpha value is -2.98. The van der Waals surface area contributed by atoms with Crippen LogP contribution in [0.4, 0.5) is 18.9 Å². The molecule has 0 fully saturated rings. The van der Waals surface area contributed by atoms with Gasteiger partial charge in [-0.25, -0.2) is 0 Å². The number of anilines is 1. The zero-order valence-electron chi connectivity index (χ0n) is 23.3. The van der Waals surface area contributed by atoms with Crippen LogP contribution in [0.15, 0.2) is 36.4 Å². The minimum atomic E-state index is -4.52. The van der Waals surface area contributed by atoms with Gasteiger partial charge in [0.1, 0.15) is 6.61 Å². The Bertz CT molecular complexity index is 1160. The van der Waals surface area contributed by atoms with Crippen molar-refractivity contribution < 1.29 is 36.7 Å². The summed E-state index contributed by atoms with van der Waals surface area (Å²) in [4.78, 5) is 14.2. The average molecular weight is 513 g/mol. The van der Waals surface area contributed by atoms with E-state index < -0.39 is 43.9 Å². The third kappa shape index (κ3) is 8.03. The maximum absolute atomic E-state index is 12.5. The zero-order valence-corrected chi connectivity index (χ0v) is 20.3. The van der Waals surface area contributed by atoms with Crippen molar-refractivity contribution in [2.75, 3.05) is 37.7 Å². The van der Waals surface area contributed by atoms with E-state index in [0.29, 0.717) is 37.2 Å². The van der Waals surface area contributed by atoms with E-state index in [-0.39, 0.29) is 17.9 Å². The quantitative estimate of drug-likeness (QED) is 0.380. The normalized spacial score (nSPS) is 17.4. The van der Waals surface area contributed by atoms with E-state index in [1.54, 1.807) is 19.1 Å². The SMILES string of the molecule is [2H]C(C)(O)CCN1CCc2cc(C[C@@H](C)NC([2H])([2H])COc3ccccc3OCC(F)(F)F)cc(C(N)=O)c21.